The number of ether oxygens (including phenoxy) is 1. The number of hydrogen-bond acceptors (Lipinski definition) is 4. The Kier molecular flexibility index (Phi) is 6.49. The van der Waals surface area contributed by atoms with Gasteiger partial charge in [0.2, 0.25) is 0 Å². The fraction of sp³-hybridized carbons (Fsp3) is 0.350. The standard InChI is InChI=1S/C20H26N2O4S/c1-13(2)18-8-6-7-14(3)19(18)22-27(24,25)17-11-9-16(10-12-17)26-15(4)20(23)21-5/h6-13,15,22H,1-5H3,(H,21,23)/t15-/m1/s1. The van der Waals surface area contributed by atoms with Gasteiger partial charge in [0.1, 0.15) is 5.75 Å². The van der Waals surface area contributed by atoms with Crippen LogP contribution in [0, 0.1) is 6.92 Å². The van der Waals surface area contributed by atoms with Gasteiger partial charge in [-0.25, -0.2) is 8.42 Å². The minimum atomic E-state index is -3.74. The Labute approximate surface area is 161 Å². The van der Waals surface area contributed by atoms with Gasteiger partial charge in [0.05, 0.1) is 10.6 Å². The summed E-state index contributed by atoms with van der Waals surface area (Å²) in [4.78, 5) is 11.6. The minimum Gasteiger partial charge on any atom is -0.481 e. The van der Waals surface area contributed by atoms with Crippen molar-refractivity contribution < 1.29 is 17.9 Å². The van der Waals surface area contributed by atoms with Crippen LogP contribution in [0.2, 0.25) is 0 Å². The van der Waals surface area contributed by atoms with Gasteiger partial charge in [-0.15, -0.1) is 0 Å². The van der Waals surface area contributed by atoms with Crippen molar-refractivity contribution in [2.45, 2.75) is 44.6 Å². The number of para-hydroxylation sites is 1. The molecule has 7 heteroatoms. The Hall–Kier alpha value is -2.54. The largest absolute Gasteiger partial charge is 0.481 e. The van der Waals surface area contributed by atoms with Crippen LogP contribution in [0.15, 0.2) is 47.4 Å². The second-order valence-electron chi connectivity index (χ2n) is 6.65. The lowest BCUT2D eigenvalue weighted by Crippen LogP contribution is -2.33. The van der Waals surface area contributed by atoms with E-state index in [4.69, 9.17) is 4.74 Å². The van der Waals surface area contributed by atoms with E-state index >= 15 is 0 Å². The molecule has 0 heterocycles. The molecule has 0 saturated carbocycles. The van der Waals surface area contributed by atoms with Gasteiger partial charge < -0.3 is 10.1 Å². The number of nitrogens with one attached hydrogen (secondary N) is 2. The summed E-state index contributed by atoms with van der Waals surface area (Å²) in [5.74, 6) is 0.350. The number of benzene rings is 2. The van der Waals surface area contributed by atoms with Gasteiger partial charge in [0, 0.05) is 7.05 Å². The Morgan fingerprint density at radius 2 is 1.67 bits per heavy atom. The van der Waals surface area contributed by atoms with Crippen LogP contribution in [0.3, 0.4) is 0 Å². The lowest BCUT2D eigenvalue weighted by atomic mass is 9.99. The SMILES string of the molecule is CNC(=O)[C@@H](C)Oc1ccc(S(=O)(=O)Nc2c(C)cccc2C(C)C)cc1. The summed E-state index contributed by atoms with van der Waals surface area (Å²) in [6.45, 7) is 7.54. The third-order valence-corrected chi connectivity index (χ3v) is 5.59. The van der Waals surface area contributed by atoms with Crippen molar-refractivity contribution in [2.24, 2.45) is 0 Å². The first kappa shape index (κ1) is 20.8. The van der Waals surface area contributed by atoms with E-state index in [-0.39, 0.29) is 16.7 Å². The van der Waals surface area contributed by atoms with Crippen molar-refractivity contribution in [2.75, 3.05) is 11.8 Å². The third-order valence-electron chi connectivity index (χ3n) is 4.23. The zero-order chi connectivity index (χ0) is 20.2. The molecule has 1 amide bonds. The van der Waals surface area contributed by atoms with E-state index in [1.54, 1.807) is 6.92 Å². The maximum atomic E-state index is 12.8. The maximum absolute atomic E-state index is 12.8. The molecule has 0 bridgehead atoms. The number of amides is 1. The zero-order valence-corrected chi connectivity index (χ0v) is 17.1. The van der Waals surface area contributed by atoms with Crippen LogP contribution in [0.1, 0.15) is 37.8 Å². The van der Waals surface area contributed by atoms with E-state index in [1.807, 2.05) is 39.0 Å². The molecule has 146 valence electrons. The highest BCUT2D eigenvalue weighted by atomic mass is 32.2. The number of carbonyl (C=O) groups excluding carboxylic acids is 1. The van der Waals surface area contributed by atoms with Crippen molar-refractivity contribution in [3.05, 3.63) is 53.6 Å². The van der Waals surface area contributed by atoms with E-state index in [1.165, 1.54) is 31.3 Å². The highest BCUT2D eigenvalue weighted by Gasteiger charge is 2.19. The van der Waals surface area contributed by atoms with Crippen LogP contribution in [0.5, 0.6) is 5.75 Å². The number of aryl methyl sites for hydroxylation is 1. The number of carbonyl (C=O) groups is 1. The molecule has 27 heavy (non-hydrogen) atoms. The molecule has 6 nitrogen and oxygen atoms in total. The van der Waals surface area contributed by atoms with Gasteiger partial charge in [-0.3, -0.25) is 9.52 Å². The van der Waals surface area contributed by atoms with Crippen LogP contribution < -0.4 is 14.8 Å². The molecule has 0 aromatic heterocycles. The van der Waals surface area contributed by atoms with Crippen molar-refractivity contribution in [1.29, 1.82) is 0 Å². The highest BCUT2D eigenvalue weighted by Crippen LogP contribution is 2.30. The Bertz CT molecular complexity index is 906. The first-order valence-electron chi connectivity index (χ1n) is 8.76. The van der Waals surface area contributed by atoms with E-state index in [0.717, 1.165) is 11.1 Å². The smallest absolute Gasteiger partial charge is 0.261 e. The van der Waals surface area contributed by atoms with Gasteiger partial charge in [-0.05, 0) is 55.2 Å². The van der Waals surface area contributed by atoms with Gasteiger partial charge in [-0.2, -0.15) is 0 Å². The van der Waals surface area contributed by atoms with E-state index in [9.17, 15) is 13.2 Å². The molecule has 0 unspecified atom stereocenters. The fourth-order valence-electron chi connectivity index (χ4n) is 2.66. The fourth-order valence-corrected chi connectivity index (χ4v) is 3.82. The summed E-state index contributed by atoms with van der Waals surface area (Å²) in [6, 6.07) is 11.7. The van der Waals surface area contributed by atoms with Crippen LogP contribution in [-0.2, 0) is 14.8 Å². The molecule has 0 spiro atoms. The number of likely N-dealkylation sites (N-methyl/N-ethyl adjacent to an activating group) is 1. The van der Waals surface area contributed by atoms with Crippen molar-refractivity contribution in [3.8, 4) is 5.75 Å². The summed E-state index contributed by atoms with van der Waals surface area (Å²) in [6.07, 6.45) is -0.670. The lowest BCUT2D eigenvalue weighted by molar-refractivity contribution is -0.126. The van der Waals surface area contributed by atoms with E-state index in [2.05, 4.69) is 10.0 Å². The van der Waals surface area contributed by atoms with E-state index in [0.29, 0.717) is 11.4 Å². The summed E-state index contributed by atoms with van der Waals surface area (Å²) in [7, 11) is -2.21. The van der Waals surface area contributed by atoms with Gasteiger partial charge in [-0.1, -0.05) is 32.0 Å². The first-order valence-corrected chi connectivity index (χ1v) is 10.2. The molecule has 2 aromatic rings. The molecule has 0 aliphatic carbocycles. The predicted molar refractivity (Wildman–Crippen MR) is 107 cm³/mol. The number of sulfonamides is 1. The molecule has 0 aliphatic rings. The summed E-state index contributed by atoms with van der Waals surface area (Å²) in [5, 5.41) is 2.50. The Morgan fingerprint density at radius 3 is 2.22 bits per heavy atom. The quantitative estimate of drug-likeness (QED) is 0.758. The molecule has 2 aromatic carbocycles. The zero-order valence-electron chi connectivity index (χ0n) is 16.2. The predicted octanol–water partition coefficient (Wildman–Crippen LogP) is 3.43. The molecule has 0 radical (unpaired) electrons. The van der Waals surface area contributed by atoms with Crippen molar-refractivity contribution in [3.63, 3.8) is 0 Å². The van der Waals surface area contributed by atoms with Crippen LogP contribution in [0.4, 0.5) is 5.69 Å². The van der Waals surface area contributed by atoms with Crippen molar-refractivity contribution >= 4 is 21.6 Å². The summed E-state index contributed by atoms with van der Waals surface area (Å²) >= 11 is 0. The second-order valence-corrected chi connectivity index (χ2v) is 8.33. The maximum Gasteiger partial charge on any atom is 0.261 e. The molecule has 2 N–H and O–H groups in total. The van der Waals surface area contributed by atoms with Crippen LogP contribution >= 0.6 is 0 Å². The van der Waals surface area contributed by atoms with E-state index < -0.39 is 16.1 Å². The number of anilines is 1. The van der Waals surface area contributed by atoms with Crippen LogP contribution in [-0.4, -0.2) is 27.5 Å². The highest BCUT2D eigenvalue weighted by molar-refractivity contribution is 7.92. The summed E-state index contributed by atoms with van der Waals surface area (Å²) in [5.41, 5.74) is 2.42. The molecule has 0 fully saturated rings. The molecule has 0 saturated heterocycles. The molecular formula is C20H26N2O4S. The number of hydrogen-bond donors (Lipinski definition) is 2. The van der Waals surface area contributed by atoms with Crippen molar-refractivity contribution in [1.82, 2.24) is 5.32 Å². The molecule has 0 aliphatic heterocycles. The average Bonchev–Trinajstić information content (AvgIpc) is 2.62. The molecular weight excluding hydrogens is 364 g/mol. The average molecular weight is 391 g/mol. The van der Waals surface area contributed by atoms with Crippen LogP contribution in [0.25, 0.3) is 0 Å². The topological polar surface area (TPSA) is 84.5 Å². The normalized spacial score (nSPS) is 12.5. The Balaban J connectivity index is 2.25. The van der Waals surface area contributed by atoms with Gasteiger partial charge >= 0.3 is 0 Å². The monoisotopic (exact) mass is 390 g/mol. The number of rotatable bonds is 7. The summed E-state index contributed by atoms with van der Waals surface area (Å²) < 4.78 is 33.8. The van der Waals surface area contributed by atoms with Gasteiger partial charge in [0.15, 0.2) is 6.10 Å². The van der Waals surface area contributed by atoms with Gasteiger partial charge in [0.25, 0.3) is 15.9 Å². The molecule has 2 rings (SSSR count). The minimum absolute atomic E-state index is 0.125. The molecule has 1 atom stereocenters. The second kappa shape index (κ2) is 8.43. The first-order chi connectivity index (χ1) is 12.7. The Morgan fingerprint density at radius 1 is 1.04 bits per heavy atom. The third kappa shape index (κ3) is 5.01. The lowest BCUT2D eigenvalue weighted by Gasteiger charge is -2.18.